The zero-order valence-electron chi connectivity index (χ0n) is 20.5. The Morgan fingerprint density at radius 2 is 1.46 bits per heavy atom. The highest BCUT2D eigenvalue weighted by Gasteiger charge is 2.10. The van der Waals surface area contributed by atoms with Crippen molar-refractivity contribution in [3.63, 3.8) is 0 Å². The third-order valence-electron chi connectivity index (χ3n) is 5.38. The maximum absolute atomic E-state index is 10.9. The summed E-state index contributed by atoms with van der Waals surface area (Å²) in [6, 6.07) is 20.1. The van der Waals surface area contributed by atoms with Crippen LogP contribution >= 0.6 is 0 Å². The number of benzene rings is 2. The molecule has 1 N–H and O–H groups in total. The molecule has 8 nitrogen and oxygen atoms in total. The third-order valence-corrected chi connectivity index (χ3v) is 6.18. The van der Waals surface area contributed by atoms with Crippen molar-refractivity contribution in [2.75, 3.05) is 43.7 Å². The Labute approximate surface area is 207 Å². The number of aryl methyl sites for hydroxylation is 1. The minimum absolute atomic E-state index is 0.273. The summed E-state index contributed by atoms with van der Waals surface area (Å²) in [5, 5.41) is 8.93. The van der Waals surface area contributed by atoms with Gasteiger partial charge in [0, 0.05) is 63.2 Å². The summed E-state index contributed by atoms with van der Waals surface area (Å²) in [6.07, 6.45) is 5.69. The molecule has 0 atom stereocenters. The highest BCUT2D eigenvalue weighted by atomic mass is 32.2. The van der Waals surface area contributed by atoms with Crippen molar-refractivity contribution >= 4 is 33.4 Å². The molecule has 0 aliphatic carbocycles. The molecule has 9 heteroatoms. The second-order valence-corrected chi connectivity index (χ2v) is 10.2. The van der Waals surface area contributed by atoms with E-state index in [1.165, 1.54) is 0 Å². The maximum atomic E-state index is 10.9. The maximum Gasteiger partial charge on any atom is 0.265 e. The average molecular weight is 495 g/mol. The van der Waals surface area contributed by atoms with E-state index in [-0.39, 0.29) is 5.75 Å². The van der Waals surface area contributed by atoms with E-state index in [0.717, 1.165) is 33.8 Å². The number of nitrogens with zero attached hydrogens (tertiary/aromatic N) is 5. The molecule has 3 rings (SSSR count). The first-order chi connectivity index (χ1) is 16.6. The fourth-order valence-corrected chi connectivity index (χ4v) is 3.95. The molecule has 0 saturated carbocycles. The van der Waals surface area contributed by atoms with Gasteiger partial charge in [-0.05, 0) is 30.3 Å². The molecule has 0 radical (unpaired) electrons. The van der Waals surface area contributed by atoms with Gasteiger partial charge in [0.05, 0.1) is 17.5 Å². The monoisotopic (exact) mass is 494 g/mol. The first kappa shape index (κ1) is 26.1. The van der Waals surface area contributed by atoms with Crippen LogP contribution in [0.5, 0.6) is 0 Å². The standard InChI is InChI=1S/C26H31N5O3S/c1-29(2)24-12-8-22(9-13-24)26(23-10-14-25(15-11-23)30(3)4)28-27-19-21-7-5-16-31(20-21)17-6-18-35(32,33)34/h5,7-16,19-20H,6,17-18H2,1-4H3/p+1. The van der Waals surface area contributed by atoms with Gasteiger partial charge in [0.2, 0.25) is 0 Å². The van der Waals surface area contributed by atoms with Crippen LogP contribution in [0.3, 0.4) is 0 Å². The number of hydrogen-bond acceptors (Lipinski definition) is 6. The van der Waals surface area contributed by atoms with Crippen molar-refractivity contribution in [3.05, 3.63) is 89.7 Å². The fourth-order valence-electron chi connectivity index (χ4n) is 3.46. The van der Waals surface area contributed by atoms with Crippen LogP contribution in [0.2, 0.25) is 0 Å². The first-order valence-electron chi connectivity index (χ1n) is 11.2. The van der Waals surface area contributed by atoms with Crippen LogP contribution in [-0.4, -0.2) is 58.8 Å². The lowest BCUT2D eigenvalue weighted by Crippen LogP contribution is -2.34. The molecule has 3 aromatic rings. The number of rotatable bonds is 10. The van der Waals surface area contributed by atoms with E-state index in [4.69, 9.17) is 4.55 Å². The molecule has 0 aliphatic rings. The number of anilines is 2. The predicted octanol–water partition coefficient (Wildman–Crippen LogP) is 3.26. The Morgan fingerprint density at radius 1 is 0.914 bits per heavy atom. The van der Waals surface area contributed by atoms with Crippen LogP contribution < -0.4 is 14.4 Å². The lowest BCUT2D eigenvalue weighted by molar-refractivity contribution is -0.696. The lowest BCUT2D eigenvalue weighted by Gasteiger charge is -2.15. The molecule has 0 bridgehead atoms. The molecule has 0 spiro atoms. The van der Waals surface area contributed by atoms with Crippen molar-refractivity contribution in [2.45, 2.75) is 13.0 Å². The van der Waals surface area contributed by atoms with E-state index in [1.54, 1.807) is 6.21 Å². The van der Waals surface area contributed by atoms with Crippen molar-refractivity contribution in [1.82, 2.24) is 0 Å². The van der Waals surface area contributed by atoms with E-state index in [0.29, 0.717) is 13.0 Å². The fraction of sp³-hybridized carbons (Fsp3) is 0.269. The number of pyridine rings is 1. The third kappa shape index (κ3) is 8.01. The quantitative estimate of drug-likeness (QED) is 0.202. The van der Waals surface area contributed by atoms with Crippen LogP contribution in [-0.2, 0) is 16.7 Å². The normalized spacial score (nSPS) is 11.5. The zero-order chi connectivity index (χ0) is 25.4. The van der Waals surface area contributed by atoms with Crippen LogP contribution in [0.25, 0.3) is 0 Å². The molecule has 2 aromatic carbocycles. The first-order valence-corrected chi connectivity index (χ1v) is 12.8. The van der Waals surface area contributed by atoms with Gasteiger partial charge in [-0.1, -0.05) is 24.3 Å². The Balaban J connectivity index is 1.87. The van der Waals surface area contributed by atoms with Crippen molar-refractivity contribution in [2.24, 2.45) is 10.2 Å². The van der Waals surface area contributed by atoms with Crippen LogP contribution in [0.4, 0.5) is 11.4 Å². The molecule has 0 unspecified atom stereocenters. The van der Waals surface area contributed by atoms with Gasteiger partial charge in [-0.25, -0.2) is 4.57 Å². The van der Waals surface area contributed by atoms with E-state index in [1.807, 2.05) is 91.3 Å². The highest BCUT2D eigenvalue weighted by Crippen LogP contribution is 2.19. The van der Waals surface area contributed by atoms with Gasteiger partial charge in [-0.2, -0.15) is 13.5 Å². The molecule has 1 heterocycles. The minimum atomic E-state index is -3.96. The summed E-state index contributed by atoms with van der Waals surface area (Å²) in [7, 11) is 4.05. The molecule has 0 aliphatic heterocycles. The minimum Gasteiger partial charge on any atom is -0.378 e. The summed E-state index contributed by atoms with van der Waals surface area (Å²) in [6.45, 7) is 0.465. The molecule has 0 saturated heterocycles. The topological polar surface area (TPSA) is 89.4 Å². The van der Waals surface area contributed by atoms with Gasteiger partial charge >= 0.3 is 0 Å². The van der Waals surface area contributed by atoms with Crippen LogP contribution in [0.15, 0.2) is 83.3 Å². The van der Waals surface area contributed by atoms with E-state index in [9.17, 15) is 8.42 Å². The van der Waals surface area contributed by atoms with Gasteiger partial charge in [0.15, 0.2) is 12.4 Å². The smallest absolute Gasteiger partial charge is 0.265 e. The van der Waals surface area contributed by atoms with E-state index < -0.39 is 10.1 Å². The van der Waals surface area contributed by atoms with Crippen LogP contribution in [0, 0.1) is 0 Å². The highest BCUT2D eigenvalue weighted by molar-refractivity contribution is 7.85. The molecular weight excluding hydrogens is 462 g/mol. The largest absolute Gasteiger partial charge is 0.378 e. The van der Waals surface area contributed by atoms with Gasteiger partial charge in [-0.3, -0.25) is 4.55 Å². The molecule has 0 amide bonds. The summed E-state index contributed by atoms with van der Waals surface area (Å²) in [4.78, 5) is 4.09. The van der Waals surface area contributed by atoms with Gasteiger partial charge < -0.3 is 9.80 Å². The van der Waals surface area contributed by atoms with Crippen molar-refractivity contribution < 1.29 is 17.5 Å². The van der Waals surface area contributed by atoms with Crippen molar-refractivity contribution in [1.29, 1.82) is 0 Å². The number of hydrogen-bond donors (Lipinski definition) is 1. The Hall–Kier alpha value is -3.56. The molecular formula is C26H32N5O3S+. The number of aromatic nitrogens is 1. The van der Waals surface area contributed by atoms with Gasteiger partial charge in [0.25, 0.3) is 10.1 Å². The van der Waals surface area contributed by atoms with Gasteiger partial charge in [0.1, 0.15) is 12.3 Å². The lowest BCUT2D eigenvalue weighted by atomic mass is 10.0. The SMILES string of the molecule is CN(C)c1ccc(C(=NN=Cc2ccc[n+](CCCS(=O)(=O)O)c2)c2ccc(N(C)C)cc2)cc1. The Bertz CT molecular complexity index is 1230. The predicted molar refractivity (Wildman–Crippen MR) is 142 cm³/mol. The second-order valence-electron chi connectivity index (χ2n) is 8.59. The second kappa shape index (κ2) is 11.7. The van der Waals surface area contributed by atoms with Gasteiger partial charge in [-0.15, -0.1) is 5.10 Å². The summed E-state index contributed by atoms with van der Waals surface area (Å²) >= 11 is 0. The summed E-state index contributed by atoms with van der Waals surface area (Å²) < 4.78 is 32.6. The average Bonchev–Trinajstić information content (AvgIpc) is 2.81. The summed E-state index contributed by atoms with van der Waals surface area (Å²) in [5.74, 6) is -0.273. The zero-order valence-corrected chi connectivity index (χ0v) is 21.4. The molecule has 1 aromatic heterocycles. The van der Waals surface area contributed by atoms with Crippen molar-refractivity contribution in [3.8, 4) is 0 Å². The Kier molecular flexibility index (Phi) is 8.73. The van der Waals surface area contributed by atoms with E-state index in [2.05, 4.69) is 34.5 Å². The van der Waals surface area contributed by atoms with Crippen LogP contribution in [0.1, 0.15) is 23.1 Å². The molecule has 35 heavy (non-hydrogen) atoms. The summed E-state index contributed by atoms with van der Waals surface area (Å²) in [5.41, 5.74) is 5.70. The molecule has 0 fully saturated rings. The Morgan fingerprint density at radius 3 is 1.94 bits per heavy atom. The molecule has 184 valence electrons. The van der Waals surface area contributed by atoms with E-state index >= 15 is 0 Å².